The van der Waals surface area contributed by atoms with Crippen molar-refractivity contribution in [2.45, 2.75) is 19.3 Å². The standard InChI is InChI=1S/C23H29N5O2/c29-22(18-26-14-16-27(17-15-26)21-10-4-5-11-24-21)25-20-9-3-2-8-19(20)23(30)28-12-6-1-7-13-28/h2-5,8-11H,1,6-7,12-18H2,(H,25,29). The Bertz CT molecular complexity index is 859. The Morgan fingerprint density at radius 2 is 1.60 bits per heavy atom. The third kappa shape index (κ3) is 4.97. The fourth-order valence-corrected chi connectivity index (χ4v) is 4.11. The van der Waals surface area contributed by atoms with Crippen LogP contribution in [0.1, 0.15) is 29.6 Å². The molecule has 4 rings (SSSR count). The van der Waals surface area contributed by atoms with Gasteiger partial charge in [-0.25, -0.2) is 4.98 Å². The second kappa shape index (κ2) is 9.71. The predicted molar refractivity (Wildman–Crippen MR) is 118 cm³/mol. The van der Waals surface area contributed by atoms with Gasteiger partial charge in [-0.1, -0.05) is 18.2 Å². The highest BCUT2D eigenvalue weighted by molar-refractivity contribution is 6.04. The first-order chi connectivity index (χ1) is 14.7. The molecule has 2 aliphatic heterocycles. The molecule has 2 aromatic rings. The second-order valence-electron chi connectivity index (χ2n) is 7.90. The van der Waals surface area contributed by atoms with E-state index in [4.69, 9.17) is 0 Å². The minimum atomic E-state index is -0.0832. The number of para-hydroxylation sites is 1. The highest BCUT2D eigenvalue weighted by atomic mass is 16.2. The van der Waals surface area contributed by atoms with E-state index in [1.165, 1.54) is 6.42 Å². The van der Waals surface area contributed by atoms with E-state index >= 15 is 0 Å². The maximum Gasteiger partial charge on any atom is 0.255 e. The number of hydrogen-bond donors (Lipinski definition) is 1. The highest BCUT2D eigenvalue weighted by Crippen LogP contribution is 2.20. The van der Waals surface area contributed by atoms with E-state index in [1.54, 1.807) is 12.3 Å². The summed E-state index contributed by atoms with van der Waals surface area (Å²) in [5.74, 6) is 0.904. The summed E-state index contributed by atoms with van der Waals surface area (Å²) >= 11 is 0. The molecule has 1 aromatic heterocycles. The smallest absolute Gasteiger partial charge is 0.255 e. The third-order valence-corrected chi connectivity index (χ3v) is 5.79. The van der Waals surface area contributed by atoms with Gasteiger partial charge in [0.05, 0.1) is 17.8 Å². The molecule has 2 saturated heterocycles. The number of nitrogens with zero attached hydrogens (tertiary/aromatic N) is 4. The lowest BCUT2D eigenvalue weighted by atomic mass is 10.1. The van der Waals surface area contributed by atoms with Crippen molar-refractivity contribution >= 4 is 23.3 Å². The molecule has 0 atom stereocenters. The van der Waals surface area contributed by atoms with Crippen LogP contribution in [0.4, 0.5) is 11.5 Å². The Labute approximate surface area is 177 Å². The van der Waals surface area contributed by atoms with Crippen molar-refractivity contribution in [2.75, 3.05) is 56.0 Å². The van der Waals surface area contributed by atoms with Gasteiger partial charge >= 0.3 is 0 Å². The molecular formula is C23H29N5O2. The summed E-state index contributed by atoms with van der Waals surface area (Å²) in [6.45, 7) is 5.20. The molecule has 30 heavy (non-hydrogen) atoms. The van der Waals surface area contributed by atoms with Crippen molar-refractivity contribution in [1.82, 2.24) is 14.8 Å². The van der Waals surface area contributed by atoms with E-state index in [0.29, 0.717) is 17.8 Å². The Balaban J connectivity index is 1.32. The zero-order valence-electron chi connectivity index (χ0n) is 17.3. The molecule has 0 bridgehead atoms. The Morgan fingerprint density at radius 1 is 0.867 bits per heavy atom. The zero-order chi connectivity index (χ0) is 20.8. The maximum atomic E-state index is 12.9. The van der Waals surface area contributed by atoms with Gasteiger partial charge in [-0.05, 0) is 43.5 Å². The summed E-state index contributed by atoms with van der Waals surface area (Å²) in [4.78, 5) is 36.3. The number of likely N-dealkylation sites (tertiary alicyclic amines) is 1. The first kappa shape index (κ1) is 20.3. The molecule has 1 aromatic carbocycles. The summed E-state index contributed by atoms with van der Waals surface area (Å²) in [6, 6.07) is 13.2. The number of carbonyl (C=O) groups excluding carboxylic acids is 2. The molecule has 0 radical (unpaired) electrons. The fourth-order valence-electron chi connectivity index (χ4n) is 4.11. The monoisotopic (exact) mass is 407 g/mol. The number of benzene rings is 1. The predicted octanol–water partition coefficient (Wildman–Crippen LogP) is 2.47. The van der Waals surface area contributed by atoms with Gasteiger partial charge in [-0.3, -0.25) is 14.5 Å². The van der Waals surface area contributed by atoms with Crippen molar-refractivity contribution in [2.24, 2.45) is 0 Å². The molecule has 0 aliphatic carbocycles. The van der Waals surface area contributed by atoms with Crippen LogP contribution in [-0.2, 0) is 4.79 Å². The highest BCUT2D eigenvalue weighted by Gasteiger charge is 2.23. The number of rotatable bonds is 5. The molecular weight excluding hydrogens is 378 g/mol. The Hall–Kier alpha value is -2.93. The van der Waals surface area contributed by atoms with Crippen LogP contribution < -0.4 is 10.2 Å². The quantitative estimate of drug-likeness (QED) is 0.825. The van der Waals surface area contributed by atoms with Crippen LogP contribution in [0, 0.1) is 0 Å². The molecule has 1 N–H and O–H groups in total. The fraction of sp³-hybridized carbons (Fsp3) is 0.435. The van der Waals surface area contributed by atoms with E-state index < -0.39 is 0 Å². The van der Waals surface area contributed by atoms with Crippen LogP contribution in [0.5, 0.6) is 0 Å². The lowest BCUT2D eigenvalue weighted by Gasteiger charge is -2.35. The van der Waals surface area contributed by atoms with Crippen molar-refractivity contribution in [3.63, 3.8) is 0 Å². The van der Waals surface area contributed by atoms with Gasteiger partial charge in [0, 0.05) is 45.5 Å². The molecule has 2 amide bonds. The topological polar surface area (TPSA) is 68.8 Å². The number of hydrogen-bond acceptors (Lipinski definition) is 5. The number of carbonyl (C=O) groups is 2. The number of aromatic nitrogens is 1. The summed E-state index contributed by atoms with van der Waals surface area (Å²) in [7, 11) is 0. The number of anilines is 2. The largest absolute Gasteiger partial charge is 0.354 e. The average Bonchev–Trinajstić information content (AvgIpc) is 2.80. The van der Waals surface area contributed by atoms with E-state index in [1.807, 2.05) is 41.3 Å². The second-order valence-corrected chi connectivity index (χ2v) is 7.90. The minimum absolute atomic E-state index is 0.00887. The van der Waals surface area contributed by atoms with Gasteiger partial charge in [-0.15, -0.1) is 0 Å². The molecule has 2 aliphatic rings. The molecule has 0 saturated carbocycles. The maximum absolute atomic E-state index is 12.9. The number of nitrogens with one attached hydrogen (secondary N) is 1. The summed E-state index contributed by atoms with van der Waals surface area (Å²) in [5.41, 5.74) is 1.18. The van der Waals surface area contributed by atoms with Gasteiger partial charge in [0.25, 0.3) is 5.91 Å². The Morgan fingerprint density at radius 3 is 2.33 bits per heavy atom. The van der Waals surface area contributed by atoms with Gasteiger partial charge in [-0.2, -0.15) is 0 Å². The van der Waals surface area contributed by atoms with Crippen LogP contribution >= 0.6 is 0 Å². The van der Waals surface area contributed by atoms with Gasteiger partial charge in [0.1, 0.15) is 5.82 Å². The molecule has 2 fully saturated rings. The summed E-state index contributed by atoms with van der Waals surface area (Å²) in [5, 5.41) is 2.97. The third-order valence-electron chi connectivity index (χ3n) is 5.79. The van der Waals surface area contributed by atoms with Crippen LogP contribution in [0.3, 0.4) is 0 Å². The van der Waals surface area contributed by atoms with E-state index in [9.17, 15) is 9.59 Å². The lowest BCUT2D eigenvalue weighted by molar-refractivity contribution is -0.117. The van der Waals surface area contributed by atoms with Gasteiger partial charge < -0.3 is 15.1 Å². The summed E-state index contributed by atoms with van der Waals surface area (Å²) < 4.78 is 0. The lowest BCUT2D eigenvalue weighted by Crippen LogP contribution is -2.49. The Kier molecular flexibility index (Phi) is 6.59. The van der Waals surface area contributed by atoms with Crippen LogP contribution in [0.15, 0.2) is 48.7 Å². The van der Waals surface area contributed by atoms with Crippen molar-refractivity contribution in [1.29, 1.82) is 0 Å². The van der Waals surface area contributed by atoms with Crippen LogP contribution in [0.2, 0.25) is 0 Å². The number of pyridine rings is 1. The number of piperazine rings is 1. The summed E-state index contributed by atoms with van der Waals surface area (Å²) in [6.07, 6.45) is 5.07. The van der Waals surface area contributed by atoms with Gasteiger partial charge in [0.2, 0.25) is 5.91 Å². The first-order valence-electron chi connectivity index (χ1n) is 10.8. The molecule has 7 heteroatoms. The van der Waals surface area contributed by atoms with Crippen molar-refractivity contribution in [3.8, 4) is 0 Å². The van der Waals surface area contributed by atoms with Crippen molar-refractivity contribution < 1.29 is 9.59 Å². The minimum Gasteiger partial charge on any atom is -0.354 e. The zero-order valence-corrected chi connectivity index (χ0v) is 17.3. The molecule has 158 valence electrons. The number of piperidine rings is 1. The SMILES string of the molecule is O=C(CN1CCN(c2ccccn2)CC1)Nc1ccccc1C(=O)N1CCCCC1. The molecule has 0 spiro atoms. The van der Waals surface area contributed by atoms with E-state index in [0.717, 1.165) is 57.9 Å². The average molecular weight is 408 g/mol. The van der Waals surface area contributed by atoms with Crippen LogP contribution in [-0.4, -0.2) is 72.4 Å². The molecule has 0 unspecified atom stereocenters. The normalized spacial score (nSPS) is 17.6. The van der Waals surface area contributed by atoms with Crippen molar-refractivity contribution in [3.05, 3.63) is 54.2 Å². The number of amides is 2. The van der Waals surface area contributed by atoms with Crippen LogP contribution in [0.25, 0.3) is 0 Å². The molecule has 7 nitrogen and oxygen atoms in total. The molecule has 3 heterocycles. The van der Waals surface area contributed by atoms with E-state index in [2.05, 4.69) is 20.1 Å². The van der Waals surface area contributed by atoms with Gasteiger partial charge in [0.15, 0.2) is 0 Å². The van der Waals surface area contributed by atoms with E-state index in [-0.39, 0.29) is 11.8 Å². The first-order valence-corrected chi connectivity index (χ1v) is 10.8.